The Balaban J connectivity index is 1.78. The van der Waals surface area contributed by atoms with Crippen LogP contribution in [0, 0.1) is 5.92 Å². The van der Waals surface area contributed by atoms with Crippen LogP contribution in [0.4, 0.5) is 5.95 Å². The first kappa shape index (κ1) is 19.3. The van der Waals surface area contributed by atoms with Gasteiger partial charge in [0.2, 0.25) is 11.9 Å². The number of piperidine rings is 1. The molecule has 8 nitrogen and oxygen atoms in total. The van der Waals surface area contributed by atoms with Crippen molar-refractivity contribution in [3.05, 3.63) is 33.9 Å². The highest BCUT2D eigenvalue weighted by molar-refractivity contribution is 7.17. The van der Waals surface area contributed by atoms with E-state index < -0.39 is 0 Å². The van der Waals surface area contributed by atoms with Gasteiger partial charge in [0.15, 0.2) is 11.5 Å². The number of aromatic amines is 1. The smallest absolute Gasteiger partial charge is 0.270 e. The molecular formula is C20H22N4O4S. The first-order chi connectivity index (χ1) is 14.0. The van der Waals surface area contributed by atoms with E-state index in [4.69, 9.17) is 20.2 Å². The second kappa shape index (κ2) is 7.75. The van der Waals surface area contributed by atoms with E-state index in [1.54, 1.807) is 14.2 Å². The summed E-state index contributed by atoms with van der Waals surface area (Å²) in [6.07, 6.45) is 1.58. The molecule has 3 aromatic rings. The van der Waals surface area contributed by atoms with Crippen LogP contribution in [-0.2, 0) is 4.79 Å². The fourth-order valence-corrected chi connectivity index (χ4v) is 4.58. The molecule has 1 atom stereocenters. The standard InChI is InChI=1S/C20H22N4O4S/c1-27-14-6-5-11(8-15(14)28-2)13-10-29-17-16(13)22-20(23-19(17)26)24-7-3-4-12(9-24)18(21)25/h5-6,8,10,12H,3-4,7,9H2,1-2H3,(H2,21,25)(H,22,23,26)/t12-/m1/s1. The van der Waals surface area contributed by atoms with Gasteiger partial charge in [0.05, 0.1) is 25.7 Å². The van der Waals surface area contributed by atoms with Gasteiger partial charge in [-0.05, 0) is 30.5 Å². The number of ether oxygens (including phenoxy) is 2. The Labute approximate surface area is 171 Å². The van der Waals surface area contributed by atoms with E-state index >= 15 is 0 Å². The summed E-state index contributed by atoms with van der Waals surface area (Å²) < 4.78 is 11.3. The molecule has 1 aliphatic heterocycles. The summed E-state index contributed by atoms with van der Waals surface area (Å²) in [5, 5.41) is 1.92. The highest BCUT2D eigenvalue weighted by Gasteiger charge is 2.26. The number of rotatable bonds is 5. The molecule has 29 heavy (non-hydrogen) atoms. The summed E-state index contributed by atoms with van der Waals surface area (Å²) in [6, 6.07) is 5.61. The quantitative estimate of drug-likeness (QED) is 0.663. The Kier molecular flexibility index (Phi) is 5.14. The van der Waals surface area contributed by atoms with Crippen LogP contribution in [-0.4, -0.2) is 43.2 Å². The van der Waals surface area contributed by atoms with Crippen molar-refractivity contribution in [1.29, 1.82) is 0 Å². The molecule has 1 aliphatic rings. The minimum absolute atomic E-state index is 0.192. The SMILES string of the molecule is COc1ccc(-c2csc3c(=O)[nH]c(N4CCC[C@@H](C(N)=O)C4)nc23)cc1OC. The molecule has 1 fully saturated rings. The van der Waals surface area contributed by atoms with Gasteiger partial charge in [0.1, 0.15) is 4.70 Å². The van der Waals surface area contributed by atoms with Crippen molar-refractivity contribution in [2.24, 2.45) is 11.7 Å². The summed E-state index contributed by atoms with van der Waals surface area (Å²) in [7, 11) is 3.17. The van der Waals surface area contributed by atoms with Gasteiger partial charge in [-0.15, -0.1) is 11.3 Å². The number of nitrogens with two attached hydrogens (primary N) is 1. The van der Waals surface area contributed by atoms with E-state index in [9.17, 15) is 9.59 Å². The van der Waals surface area contributed by atoms with Crippen molar-refractivity contribution in [2.45, 2.75) is 12.8 Å². The van der Waals surface area contributed by atoms with Crippen molar-refractivity contribution in [1.82, 2.24) is 9.97 Å². The number of nitrogens with one attached hydrogen (secondary N) is 1. The molecule has 0 spiro atoms. The lowest BCUT2D eigenvalue weighted by molar-refractivity contribution is -0.122. The third-order valence-corrected chi connectivity index (χ3v) is 6.20. The Hall–Kier alpha value is -3.07. The number of aromatic nitrogens is 2. The van der Waals surface area contributed by atoms with Crippen LogP contribution >= 0.6 is 11.3 Å². The number of carbonyl (C=O) groups excluding carboxylic acids is 1. The number of fused-ring (bicyclic) bond motifs is 1. The van der Waals surface area contributed by atoms with E-state index in [0.29, 0.717) is 40.8 Å². The summed E-state index contributed by atoms with van der Waals surface area (Å²) in [6.45, 7) is 1.17. The van der Waals surface area contributed by atoms with E-state index in [1.807, 2.05) is 28.5 Å². The molecule has 4 rings (SSSR count). The highest BCUT2D eigenvalue weighted by atomic mass is 32.1. The van der Waals surface area contributed by atoms with Crippen LogP contribution < -0.4 is 25.7 Å². The predicted octanol–water partition coefficient (Wildman–Crippen LogP) is 2.37. The lowest BCUT2D eigenvalue weighted by atomic mass is 9.98. The van der Waals surface area contributed by atoms with Crippen LogP contribution in [0.2, 0.25) is 0 Å². The second-order valence-corrected chi connectivity index (χ2v) is 7.85. The normalized spacial score (nSPS) is 16.8. The van der Waals surface area contributed by atoms with Gasteiger partial charge in [-0.1, -0.05) is 6.07 Å². The van der Waals surface area contributed by atoms with Gasteiger partial charge >= 0.3 is 0 Å². The molecule has 0 radical (unpaired) electrons. The number of H-pyrrole nitrogens is 1. The first-order valence-corrected chi connectivity index (χ1v) is 10.2. The minimum atomic E-state index is -0.320. The Morgan fingerprint density at radius 3 is 2.83 bits per heavy atom. The maximum absolute atomic E-state index is 12.7. The molecule has 0 bridgehead atoms. The van der Waals surface area contributed by atoms with Gasteiger partial charge < -0.3 is 20.1 Å². The highest BCUT2D eigenvalue weighted by Crippen LogP contribution is 2.37. The molecule has 0 aliphatic carbocycles. The van der Waals surface area contributed by atoms with Gasteiger partial charge in [-0.25, -0.2) is 4.98 Å². The average molecular weight is 414 g/mol. The summed E-state index contributed by atoms with van der Waals surface area (Å²) in [5.41, 5.74) is 7.65. The molecule has 9 heteroatoms. The number of hydrogen-bond acceptors (Lipinski definition) is 7. The lowest BCUT2D eigenvalue weighted by Gasteiger charge is -2.31. The number of amides is 1. The van der Waals surface area contributed by atoms with Crippen LogP contribution in [0.15, 0.2) is 28.4 Å². The molecule has 0 unspecified atom stereocenters. The van der Waals surface area contributed by atoms with Gasteiger partial charge in [-0.3, -0.25) is 14.6 Å². The fourth-order valence-electron chi connectivity index (χ4n) is 3.68. The number of thiophene rings is 1. The van der Waals surface area contributed by atoms with Gasteiger partial charge in [0.25, 0.3) is 5.56 Å². The average Bonchev–Trinajstić information content (AvgIpc) is 3.18. The Morgan fingerprint density at radius 1 is 1.31 bits per heavy atom. The summed E-state index contributed by atoms with van der Waals surface area (Å²) in [5.74, 6) is 1.15. The topological polar surface area (TPSA) is 111 Å². The zero-order chi connectivity index (χ0) is 20.5. The van der Waals surface area contributed by atoms with Crippen molar-refractivity contribution < 1.29 is 14.3 Å². The third kappa shape index (κ3) is 3.53. The summed E-state index contributed by atoms with van der Waals surface area (Å²) >= 11 is 1.35. The van der Waals surface area contributed by atoms with E-state index in [-0.39, 0.29) is 17.4 Å². The first-order valence-electron chi connectivity index (χ1n) is 9.30. The number of primary amides is 1. The number of carbonyl (C=O) groups is 1. The molecule has 152 valence electrons. The van der Waals surface area contributed by atoms with E-state index in [1.165, 1.54) is 11.3 Å². The van der Waals surface area contributed by atoms with Crippen LogP contribution in [0.5, 0.6) is 11.5 Å². The number of benzene rings is 1. The number of anilines is 1. The van der Waals surface area contributed by atoms with Crippen molar-refractivity contribution in [3.63, 3.8) is 0 Å². The monoisotopic (exact) mass is 414 g/mol. The maximum atomic E-state index is 12.7. The molecule has 2 aromatic heterocycles. The molecule has 1 amide bonds. The van der Waals surface area contributed by atoms with Crippen molar-refractivity contribution in [2.75, 3.05) is 32.2 Å². The number of nitrogens with zero attached hydrogens (tertiary/aromatic N) is 2. The lowest BCUT2D eigenvalue weighted by Crippen LogP contribution is -2.42. The Bertz CT molecular complexity index is 1120. The van der Waals surface area contributed by atoms with E-state index in [0.717, 1.165) is 24.0 Å². The molecule has 1 saturated heterocycles. The summed E-state index contributed by atoms with van der Waals surface area (Å²) in [4.78, 5) is 33.8. The van der Waals surface area contributed by atoms with Crippen LogP contribution in [0.25, 0.3) is 21.3 Å². The maximum Gasteiger partial charge on any atom is 0.270 e. The fraction of sp³-hybridized carbons (Fsp3) is 0.350. The predicted molar refractivity (Wildman–Crippen MR) is 113 cm³/mol. The number of methoxy groups -OCH3 is 2. The largest absolute Gasteiger partial charge is 0.493 e. The van der Waals surface area contributed by atoms with Crippen molar-refractivity contribution in [3.8, 4) is 22.6 Å². The molecule has 3 heterocycles. The van der Waals surface area contributed by atoms with Crippen LogP contribution in [0.1, 0.15) is 12.8 Å². The zero-order valence-electron chi connectivity index (χ0n) is 16.2. The van der Waals surface area contributed by atoms with Crippen LogP contribution in [0.3, 0.4) is 0 Å². The minimum Gasteiger partial charge on any atom is -0.493 e. The van der Waals surface area contributed by atoms with E-state index in [2.05, 4.69) is 4.98 Å². The molecular weight excluding hydrogens is 392 g/mol. The van der Waals surface area contributed by atoms with Crippen molar-refractivity contribution >= 4 is 33.4 Å². The third-order valence-electron chi connectivity index (χ3n) is 5.23. The molecule has 3 N–H and O–H groups in total. The molecule has 0 saturated carbocycles. The Morgan fingerprint density at radius 2 is 2.10 bits per heavy atom. The zero-order valence-corrected chi connectivity index (χ0v) is 17.0. The molecule has 1 aromatic carbocycles. The van der Waals surface area contributed by atoms with Gasteiger partial charge in [0, 0.05) is 24.0 Å². The second-order valence-electron chi connectivity index (χ2n) is 6.97. The number of hydrogen-bond donors (Lipinski definition) is 2. The van der Waals surface area contributed by atoms with Gasteiger partial charge in [-0.2, -0.15) is 0 Å².